The Bertz CT molecular complexity index is 529. The number of halogens is 1. The number of ether oxygens (including phenoxy) is 1. The molecule has 3 nitrogen and oxygen atoms in total. The number of carbonyl (C=O) groups is 1. The van der Waals surface area contributed by atoms with Crippen LogP contribution in [0.3, 0.4) is 0 Å². The first-order valence-electron chi connectivity index (χ1n) is 9.92. The lowest BCUT2D eigenvalue weighted by Gasteiger charge is -2.44. The Hall–Kier alpha value is -1.06. The number of aldehydes is 1. The van der Waals surface area contributed by atoms with Crippen molar-refractivity contribution >= 4 is 18.7 Å². The van der Waals surface area contributed by atoms with Gasteiger partial charge in [-0.05, 0) is 63.3 Å². The summed E-state index contributed by atoms with van der Waals surface area (Å²) >= 11 is 0. The van der Waals surface area contributed by atoms with Gasteiger partial charge < -0.3 is 9.53 Å². The average Bonchev–Trinajstić information content (AvgIpc) is 2.63. The van der Waals surface area contributed by atoms with E-state index in [1.165, 1.54) is 24.7 Å². The number of hydrogen-bond donors (Lipinski definition) is 0. The summed E-state index contributed by atoms with van der Waals surface area (Å²) in [4.78, 5) is 14.4. The molecule has 1 aromatic carbocycles. The normalized spacial score (nSPS) is 24.0. The zero-order valence-corrected chi connectivity index (χ0v) is 17.7. The fraction of sp³-hybridized carbons (Fsp3) is 0.682. The van der Waals surface area contributed by atoms with Gasteiger partial charge in [0, 0.05) is 17.5 Å². The average molecular weight is 382 g/mol. The maximum atomic E-state index is 11.8. The highest BCUT2D eigenvalue weighted by Crippen LogP contribution is 2.40. The van der Waals surface area contributed by atoms with Crippen molar-refractivity contribution in [3.63, 3.8) is 0 Å². The zero-order valence-electron chi connectivity index (χ0n) is 16.9. The maximum absolute atomic E-state index is 11.8. The summed E-state index contributed by atoms with van der Waals surface area (Å²) in [6.07, 6.45) is 8.95. The van der Waals surface area contributed by atoms with Crippen molar-refractivity contribution in [2.75, 3.05) is 13.7 Å². The molecule has 1 fully saturated rings. The minimum Gasteiger partial charge on any atom is -0.497 e. The van der Waals surface area contributed by atoms with Gasteiger partial charge in [-0.3, -0.25) is 4.90 Å². The van der Waals surface area contributed by atoms with Crippen LogP contribution in [-0.2, 0) is 11.2 Å². The van der Waals surface area contributed by atoms with Crippen molar-refractivity contribution in [2.45, 2.75) is 77.8 Å². The Balaban J connectivity index is 0.00000338. The first-order valence-corrected chi connectivity index (χ1v) is 9.92. The van der Waals surface area contributed by atoms with Crippen molar-refractivity contribution in [2.24, 2.45) is 5.41 Å². The molecule has 4 heteroatoms. The number of hydrogen-bond acceptors (Lipinski definition) is 3. The predicted octanol–water partition coefficient (Wildman–Crippen LogP) is 5.30. The lowest BCUT2D eigenvalue weighted by molar-refractivity contribution is -0.120. The number of carbonyl (C=O) groups excluding carboxylic acids is 1. The van der Waals surface area contributed by atoms with Gasteiger partial charge in [-0.2, -0.15) is 0 Å². The second-order valence-corrected chi connectivity index (χ2v) is 7.71. The molecule has 2 rings (SSSR count). The number of benzene rings is 1. The maximum Gasteiger partial charge on any atom is 0.126 e. The number of rotatable bonds is 9. The van der Waals surface area contributed by atoms with Gasteiger partial charge in [0.15, 0.2) is 0 Å². The summed E-state index contributed by atoms with van der Waals surface area (Å²) in [6, 6.07) is 9.42. The molecule has 3 atom stereocenters. The Morgan fingerprint density at radius 2 is 2.00 bits per heavy atom. The van der Waals surface area contributed by atoms with Crippen LogP contribution in [0.15, 0.2) is 24.3 Å². The molecule has 1 aliphatic rings. The quantitative estimate of drug-likeness (QED) is 0.543. The Morgan fingerprint density at radius 3 is 2.54 bits per heavy atom. The van der Waals surface area contributed by atoms with Crippen LogP contribution in [0.25, 0.3) is 0 Å². The third-order valence-corrected chi connectivity index (χ3v) is 5.94. The molecule has 0 bridgehead atoms. The van der Waals surface area contributed by atoms with Gasteiger partial charge in [0.1, 0.15) is 12.0 Å². The Morgan fingerprint density at radius 1 is 1.31 bits per heavy atom. The van der Waals surface area contributed by atoms with Crippen LogP contribution < -0.4 is 4.74 Å². The van der Waals surface area contributed by atoms with E-state index in [0.29, 0.717) is 12.1 Å². The van der Waals surface area contributed by atoms with Crippen LogP contribution in [0, 0.1) is 5.41 Å². The monoisotopic (exact) mass is 381 g/mol. The van der Waals surface area contributed by atoms with Crippen LogP contribution >= 0.6 is 12.4 Å². The van der Waals surface area contributed by atoms with E-state index < -0.39 is 0 Å². The van der Waals surface area contributed by atoms with Crippen molar-refractivity contribution in [3.8, 4) is 5.75 Å². The molecular weight excluding hydrogens is 346 g/mol. The molecule has 0 heterocycles. The highest BCUT2D eigenvalue weighted by molar-refractivity contribution is 5.85. The topological polar surface area (TPSA) is 29.5 Å². The summed E-state index contributed by atoms with van der Waals surface area (Å²) < 4.78 is 5.25. The van der Waals surface area contributed by atoms with Crippen LogP contribution in [0.5, 0.6) is 5.75 Å². The fourth-order valence-corrected chi connectivity index (χ4v) is 4.69. The first-order chi connectivity index (χ1) is 12.1. The van der Waals surface area contributed by atoms with Crippen LogP contribution in [0.4, 0.5) is 0 Å². The van der Waals surface area contributed by atoms with Crippen molar-refractivity contribution < 1.29 is 9.53 Å². The van der Waals surface area contributed by atoms with Crippen LogP contribution in [0.1, 0.15) is 64.9 Å². The van der Waals surface area contributed by atoms with E-state index in [9.17, 15) is 4.79 Å². The lowest BCUT2D eigenvalue weighted by Crippen LogP contribution is -2.47. The van der Waals surface area contributed by atoms with Gasteiger partial charge >= 0.3 is 0 Å². The molecule has 1 aromatic rings. The predicted molar refractivity (Wildman–Crippen MR) is 111 cm³/mol. The Kier molecular flexibility index (Phi) is 9.67. The minimum atomic E-state index is -0.0785. The molecule has 0 aromatic heterocycles. The van der Waals surface area contributed by atoms with E-state index in [2.05, 4.69) is 37.8 Å². The van der Waals surface area contributed by atoms with E-state index in [0.717, 1.165) is 44.4 Å². The second kappa shape index (κ2) is 10.9. The molecule has 0 spiro atoms. The molecule has 148 valence electrons. The summed E-state index contributed by atoms with van der Waals surface area (Å²) in [5, 5.41) is 0. The SMILES string of the molecule is CCCC1(C=O)CCCC(N(CC)C(C)Cc2ccc(OC)cc2)C1.Cl. The molecule has 1 saturated carbocycles. The van der Waals surface area contributed by atoms with Crippen molar-refractivity contribution in [3.05, 3.63) is 29.8 Å². The summed E-state index contributed by atoms with van der Waals surface area (Å²) in [5.41, 5.74) is 1.27. The van der Waals surface area contributed by atoms with Crippen LogP contribution in [-0.4, -0.2) is 36.9 Å². The van der Waals surface area contributed by atoms with Gasteiger partial charge in [0.2, 0.25) is 0 Å². The summed E-state index contributed by atoms with van der Waals surface area (Å²) in [7, 11) is 1.70. The first kappa shape index (κ1) is 23.0. The zero-order chi connectivity index (χ0) is 18.3. The van der Waals surface area contributed by atoms with Gasteiger partial charge in [-0.25, -0.2) is 0 Å². The minimum absolute atomic E-state index is 0. The molecule has 0 amide bonds. The number of likely N-dealkylation sites (N-methyl/N-ethyl adjacent to an activating group) is 1. The van der Waals surface area contributed by atoms with Gasteiger partial charge in [0.05, 0.1) is 7.11 Å². The highest BCUT2D eigenvalue weighted by Gasteiger charge is 2.38. The van der Waals surface area contributed by atoms with E-state index in [1.807, 2.05) is 12.1 Å². The van der Waals surface area contributed by atoms with Crippen LogP contribution in [0.2, 0.25) is 0 Å². The molecule has 3 unspecified atom stereocenters. The summed E-state index contributed by atoms with van der Waals surface area (Å²) in [5.74, 6) is 0.909. The van der Waals surface area contributed by atoms with Gasteiger partial charge in [-0.15, -0.1) is 12.4 Å². The summed E-state index contributed by atoms with van der Waals surface area (Å²) in [6.45, 7) is 7.81. The highest BCUT2D eigenvalue weighted by atomic mass is 35.5. The largest absolute Gasteiger partial charge is 0.497 e. The molecule has 0 aliphatic heterocycles. The smallest absolute Gasteiger partial charge is 0.126 e. The van der Waals surface area contributed by atoms with E-state index in [1.54, 1.807) is 7.11 Å². The number of methoxy groups -OCH3 is 1. The lowest BCUT2D eigenvalue weighted by atomic mass is 9.70. The van der Waals surface area contributed by atoms with Crippen molar-refractivity contribution in [1.82, 2.24) is 4.90 Å². The van der Waals surface area contributed by atoms with Gasteiger partial charge in [0.25, 0.3) is 0 Å². The second-order valence-electron chi connectivity index (χ2n) is 7.71. The van der Waals surface area contributed by atoms with E-state index in [-0.39, 0.29) is 17.8 Å². The molecule has 1 aliphatic carbocycles. The van der Waals surface area contributed by atoms with Gasteiger partial charge in [-0.1, -0.05) is 38.8 Å². The van der Waals surface area contributed by atoms with E-state index >= 15 is 0 Å². The number of nitrogens with zero attached hydrogens (tertiary/aromatic N) is 1. The Labute approximate surface area is 165 Å². The molecule has 0 radical (unpaired) electrons. The molecule has 26 heavy (non-hydrogen) atoms. The third kappa shape index (κ3) is 5.72. The fourth-order valence-electron chi connectivity index (χ4n) is 4.69. The molecule has 0 saturated heterocycles. The molecule has 0 N–H and O–H groups in total. The van der Waals surface area contributed by atoms with Crippen molar-refractivity contribution in [1.29, 1.82) is 0 Å². The third-order valence-electron chi connectivity index (χ3n) is 5.94. The van der Waals surface area contributed by atoms with E-state index in [4.69, 9.17) is 4.74 Å². The molecular formula is C22H36ClNO2. The standard InChI is InChI=1S/C22H35NO2.ClH/c1-5-13-22(17-24)14-7-8-20(16-22)23(6-2)18(3)15-19-9-11-21(25-4)12-10-19;/h9-12,17-18,20H,5-8,13-16H2,1-4H3;1H.